The molecule has 2 aliphatic rings. The van der Waals surface area contributed by atoms with Gasteiger partial charge in [0.25, 0.3) is 0 Å². The third-order valence-electron chi connectivity index (χ3n) is 6.95. The molecule has 1 aromatic heterocycles. The number of ether oxygens (including phenoxy) is 1. The van der Waals surface area contributed by atoms with E-state index in [1.54, 1.807) is 7.11 Å². The maximum absolute atomic E-state index is 11.5. The average Bonchev–Trinajstić information content (AvgIpc) is 3.29. The van der Waals surface area contributed by atoms with E-state index >= 15 is 0 Å². The number of hydrogen-bond acceptors (Lipinski definition) is 5. The van der Waals surface area contributed by atoms with Crippen LogP contribution in [0.3, 0.4) is 0 Å². The Balaban J connectivity index is 1.64. The van der Waals surface area contributed by atoms with Crippen molar-refractivity contribution in [3.8, 4) is 0 Å². The second kappa shape index (κ2) is 12.0. The lowest BCUT2D eigenvalue weighted by Gasteiger charge is -2.32. The molecule has 2 heterocycles. The van der Waals surface area contributed by atoms with Crippen molar-refractivity contribution in [3.05, 3.63) is 23.9 Å². The van der Waals surface area contributed by atoms with E-state index in [9.17, 15) is 4.79 Å². The Labute approximate surface area is 192 Å². The van der Waals surface area contributed by atoms with Crippen LogP contribution in [0.1, 0.15) is 57.4 Å². The van der Waals surface area contributed by atoms with Gasteiger partial charge in [-0.15, -0.1) is 0 Å². The first-order chi connectivity index (χ1) is 15.6. The minimum atomic E-state index is -0.192. The third kappa shape index (κ3) is 6.58. The van der Waals surface area contributed by atoms with Gasteiger partial charge in [0.15, 0.2) is 5.96 Å². The number of pyridine rings is 1. The maximum Gasteiger partial charge on any atom is 0.220 e. The molecule has 1 aliphatic heterocycles. The summed E-state index contributed by atoms with van der Waals surface area (Å²) in [5, 5.41) is 6.99. The summed E-state index contributed by atoms with van der Waals surface area (Å²) in [5.41, 5.74) is 6.89. The van der Waals surface area contributed by atoms with Crippen molar-refractivity contribution in [2.75, 3.05) is 44.8 Å². The van der Waals surface area contributed by atoms with Crippen LogP contribution >= 0.6 is 0 Å². The van der Waals surface area contributed by atoms with Gasteiger partial charge < -0.3 is 26.0 Å². The van der Waals surface area contributed by atoms with Crippen LogP contribution in [0.4, 0.5) is 5.82 Å². The van der Waals surface area contributed by atoms with Crippen molar-refractivity contribution in [1.82, 2.24) is 15.6 Å². The highest BCUT2D eigenvalue weighted by Crippen LogP contribution is 2.40. The summed E-state index contributed by atoms with van der Waals surface area (Å²) < 4.78 is 5.37. The van der Waals surface area contributed by atoms with Crippen LogP contribution in [-0.2, 0) is 16.1 Å². The number of aromatic nitrogens is 1. The molecule has 1 aromatic rings. The molecule has 8 heteroatoms. The maximum atomic E-state index is 11.5. The molecular weight excluding hydrogens is 404 g/mol. The standard InChI is InChI=1S/C24H40N6O2/c1-3-26-23(29-18-24(12-16-32-2)10-4-5-11-24)28-17-20-7-6-13-27-22(20)30-14-8-19(9-15-30)21(25)31/h6-7,13,19H,3-5,8-12,14-18H2,1-2H3,(H2,25,31)(H2,26,28,29). The minimum Gasteiger partial charge on any atom is -0.385 e. The highest BCUT2D eigenvalue weighted by molar-refractivity contribution is 5.80. The third-order valence-corrected chi connectivity index (χ3v) is 6.95. The Morgan fingerprint density at radius 1 is 1.31 bits per heavy atom. The Hall–Kier alpha value is -2.35. The molecule has 1 aliphatic carbocycles. The molecule has 0 bridgehead atoms. The van der Waals surface area contributed by atoms with Gasteiger partial charge in [0.1, 0.15) is 5.82 Å². The van der Waals surface area contributed by atoms with Crippen molar-refractivity contribution < 1.29 is 9.53 Å². The van der Waals surface area contributed by atoms with E-state index in [1.807, 2.05) is 12.3 Å². The molecule has 178 valence electrons. The first-order valence-corrected chi connectivity index (χ1v) is 12.1. The van der Waals surface area contributed by atoms with Crippen molar-refractivity contribution in [3.63, 3.8) is 0 Å². The van der Waals surface area contributed by atoms with E-state index in [2.05, 4.69) is 33.5 Å². The number of nitrogens with zero attached hydrogens (tertiary/aromatic N) is 3. The number of hydrogen-bond donors (Lipinski definition) is 3. The molecule has 0 atom stereocenters. The van der Waals surface area contributed by atoms with Gasteiger partial charge in [0, 0.05) is 57.6 Å². The summed E-state index contributed by atoms with van der Waals surface area (Å²) in [5.74, 6) is 1.59. The summed E-state index contributed by atoms with van der Waals surface area (Å²) in [4.78, 5) is 23.3. The van der Waals surface area contributed by atoms with Crippen LogP contribution in [0.15, 0.2) is 23.3 Å². The zero-order valence-corrected chi connectivity index (χ0v) is 19.7. The van der Waals surface area contributed by atoms with E-state index in [-0.39, 0.29) is 11.8 Å². The SMILES string of the molecule is CCNC(=NCc1cccnc1N1CCC(C(N)=O)CC1)NCC1(CCOC)CCCC1. The van der Waals surface area contributed by atoms with Gasteiger partial charge in [-0.1, -0.05) is 18.9 Å². The number of piperidine rings is 1. The number of guanidine groups is 1. The number of amides is 1. The monoisotopic (exact) mass is 444 g/mol. The molecule has 0 aromatic carbocycles. The van der Waals surface area contributed by atoms with Crippen LogP contribution in [0.5, 0.6) is 0 Å². The molecule has 8 nitrogen and oxygen atoms in total. The highest BCUT2D eigenvalue weighted by atomic mass is 16.5. The number of nitrogens with two attached hydrogens (primary N) is 1. The van der Waals surface area contributed by atoms with Gasteiger partial charge in [-0.2, -0.15) is 0 Å². The fraction of sp³-hybridized carbons (Fsp3) is 0.708. The van der Waals surface area contributed by atoms with Crippen molar-refractivity contribution in [2.24, 2.45) is 22.1 Å². The quantitative estimate of drug-likeness (QED) is 0.378. The van der Waals surface area contributed by atoms with Crippen LogP contribution in [0.2, 0.25) is 0 Å². The molecule has 4 N–H and O–H groups in total. The first kappa shape index (κ1) is 24.3. The van der Waals surface area contributed by atoms with Crippen LogP contribution < -0.4 is 21.3 Å². The van der Waals surface area contributed by atoms with Gasteiger partial charge in [-0.05, 0) is 50.5 Å². The number of anilines is 1. The predicted octanol–water partition coefficient (Wildman–Crippen LogP) is 2.44. The molecule has 1 saturated carbocycles. The number of carbonyl (C=O) groups is 1. The van der Waals surface area contributed by atoms with E-state index in [0.29, 0.717) is 12.0 Å². The van der Waals surface area contributed by atoms with E-state index < -0.39 is 0 Å². The fourth-order valence-corrected chi connectivity index (χ4v) is 4.95. The lowest BCUT2D eigenvalue weighted by molar-refractivity contribution is -0.122. The van der Waals surface area contributed by atoms with Gasteiger partial charge in [-0.25, -0.2) is 9.98 Å². The predicted molar refractivity (Wildman–Crippen MR) is 129 cm³/mol. The highest BCUT2D eigenvalue weighted by Gasteiger charge is 2.33. The molecule has 1 amide bonds. The normalized spacial score (nSPS) is 19.2. The number of primary amides is 1. The lowest BCUT2D eigenvalue weighted by atomic mass is 9.83. The topological polar surface area (TPSA) is 105 Å². The van der Waals surface area contributed by atoms with Crippen LogP contribution in [-0.4, -0.2) is 56.7 Å². The number of nitrogens with one attached hydrogen (secondary N) is 2. The minimum absolute atomic E-state index is 0.0259. The van der Waals surface area contributed by atoms with E-state index in [4.69, 9.17) is 15.5 Å². The first-order valence-electron chi connectivity index (χ1n) is 12.1. The fourth-order valence-electron chi connectivity index (χ4n) is 4.95. The zero-order valence-electron chi connectivity index (χ0n) is 19.7. The largest absolute Gasteiger partial charge is 0.385 e. The summed E-state index contributed by atoms with van der Waals surface area (Å²) in [6, 6.07) is 4.05. The number of carbonyl (C=O) groups excluding carboxylic acids is 1. The van der Waals surface area contributed by atoms with E-state index in [0.717, 1.165) is 69.4 Å². The Bertz CT molecular complexity index is 755. The summed E-state index contributed by atoms with van der Waals surface area (Å²) >= 11 is 0. The Morgan fingerprint density at radius 3 is 2.72 bits per heavy atom. The Morgan fingerprint density at radius 2 is 2.06 bits per heavy atom. The van der Waals surface area contributed by atoms with Crippen molar-refractivity contribution in [2.45, 2.75) is 58.4 Å². The summed E-state index contributed by atoms with van der Waals surface area (Å²) in [7, 11) is 1.78. The van der Waals surface area contributed by atoms with Crippen LogP contribution in [0, 0.1) is 11.3 Å². The van der Waals surface area contributed by atoms with Crippen LogP contribution in [0.25, 0.3) is 0 Å². The zero-order chi connectivity index (χ0) is 22.8. The molecule has 0 radical (unpaired) electrons. The number of methoxy groups -OCH3 is 1. The Kier molecular flexibility index (Phi) is 9.14. The van der Waals surface area contributed by atoms with Crippen molar-refractivity contribution >= 4 is 17.7 Å². The van der Waals surface area contributed by atoms with Gasteiger partial charge in [-0.3, -0.25) is 4.79 Å². The molecule has 0 unspecified atom stereocenters. The second-order valence-electron chi connectivity index (χ2n) is 9.15. The van der Waals surface area contributed by atoms with Gasteiger partial charge in [0.05, 0.1) is 6.54 Å². The molecule has 2 fully saturated rings. The molecular formula is C24H40N6O2. The van der Waals surface area contributed by atoms with Gasteiger partial charge >= 0.3 is 0 Å². The average molecular weight is 445 g/mol. The molecule has 3 rings (SSSR count). The van der Waals surface area contributed by atoms with Crippen molar-refractivity contribution in [1.29, 1.82) is 0 Å². The number of rotatable bonds is 10. The van der Waals surface area contributed by atoms with E-state index in [1.165, 1.54) is 25.7 Å². The molecule has 0 spiro atoms. The molecule has 32 heavy (non-hydrogen) atoms. The summed E-state index contributed by atoms with van der Waals surface area (Å²) in [6.45, 7) is 6.77. The molecule has 1 saturated heterocycles. The number of aliphatic imine (C=N–C) groups is 1. The van der Waals surface area contributed by atoms with Gasteiger partial charge in [0.2, 0.25) is 5.91 Å². The smallest absolute Gasteiger partial charge is 0.220 e. The second-order valence-corrected chi connectivity index (χ2v) is 9.15. The lowest BCUT2D eigenvalue weighted by Crippen LogP contribution is -2.43. The summed E-state index contributed by atoms with van der Waals surface area (Å²) in [6.07, 6.45) is 9.56.